The first-order valence-electron chi connectivity index (χ1n) is 6.22. The van der Waals surface area contributed by atoms with Gasteiger partial charge in [-0.2, -0.15) is 0 Å². The van der Waals surface area contributed by atoms with E-state index in [9.17, 15) is 0 Å². The second-order valence-corrected chi connectivity index (χ2v) is 5.07. The highest BCUT2D eigenvalue weighted by Crippen LogP contribution is 2.18. The molecule has 1 N–H and O–H groups in total. The lowest BCUT2D eigenvalue weighted by molar-refractivity contribution is 0.263. The van der Waals surface area contributed by atoms with Gasteiger partial charge in [-0.05, 0) is 38.8 Å². The zero-order chi connectivity index (χ0) is 11.3. The number of likely N-dealkylation sites (N-methyl/N-ethyl adjacent to an activating group) is 1. The molecule has 2 heteroatoms. The second kappa shape index (κ2) is 6.29. The maximum absolute atomic E-state index is 3.98. The fraction of sp³-hybridized carbons (Fsp3) is 0.846. The third-order valence-corrected chi connectivity index (χ3v) is 2.84. The quantitative estimate of drug-likeness (QED) is 0.618. The van der Waals surface area contributed by atoms with Gasteiger partial charge in [-0.3, -0.25) is 4.90 Å². The van der Waals surface area contributed by atoms with Crippen molar-refractivity contribution in [2.75, 3.05) is 26.2 Å². The molecule has 2 nitrogen and oxygen atoms in total. The molecule has 1 saturated carbocycles. The van der Waals surface area contributed by atoms with Gasteiger partial charge in [0.2, 0.25) is 0 Å². The van der Waals surface area contributed by atoms with Crippen molar-refractivity contribution in [3.63, 3.8) is 0 Å². The van der Waals surface area contributed by atoms with Crippen LogP contribution in [-0.2, 0) is 0 Å². The van der Waals surface area contributed by atoms with Crippen molar-refractivity contribution in [3.8, 4) is 0 Å². The number of rotatable bonds is 8. The second-order valence-electron chi connectivity index (χ2n) is 5.07. The minimum absolute atomic E-state index is 0.741. The molecule has 0 heterocycles. The Balaban J connectivity index is 2.13. The highest BCUT2D eigenvalue weighted by molar-refractivity contribution is 4.92. The van der Waals surface area contributed by atoms with Crippen molar-refractivity contribution in [2.24, 2.45) is 5.92 Å². The van der Waals surface area contributed by atoms with E-state index in [0.717, 1.165) is 31.6 Å². The van der Waals surface area contributed by atoms with E-state index in [2.05, 4.69) is 37.6 Å². The molecule has 0 amide bonds. The topological polar surface area (TPSA) is 15.3 Å². The van der Waals surface area contributed by atoms with E-state index in [0.29, 0.717) is 0 Å². The van der Waals surface area contributed by atoms with Crippen LogP contribution < -0.4 is 5.32 Å². The predicted molar refractivity (Wildman–Crippen MR) is 67.1 cm³/mol. The number of nitrogens with one attached hydrogen (secondary N) is 1. The van der Waals surface area contributed by atoms with Crippen LogP contribution in [0.4, 0.5) is 0 Å². The summed E-state index contributed by atoms with van der Waals surface area (Å²) in [4.78, 5) is 2.47. The van der Waals surface area contributed by atoms with Crippen LogP contribution >= 0.6 is 0 Å². The van der Waals surface area contributed by atoms with Crippen molar-refractivity contribution in [1.29, 1.82) is 0 Å². The molecular formula is C13H26N2. The average Bonchev–Trinajstić information content (AvgIpc) is 2.96. The number of hydrogen-bond acceptors (Lipinski definition) is 2. The Kier molecular flexibility index (Phi) is 5.34. The Bertz CT molecular complexity index is 197. The minimum atomic E-state index is 0.741. The highest BCUT2D eigenvalue weighted by Gasteiger charge is 2.21. The molecule has 1 aliphatic rings. The third kappa shape index (κ3) is 5.95. The lowest BCUT2D eigenvalue weighted by Crippen LogP contribution is -2.34. The van der Waals surface area contributed by atoms with Crippen molar-refractivity contribution >= 4 is 0 Å². The third-order valence-electron chi connectivity index (χ3n) is 2.84. The number of hydrogen-bond donors (Lipinski definition) is 1. The van der Waals surface area contributed by atoms with Crippen LogP contribution in [0, 0.1) is 5.92 Å². The summed E-state index contributed by atoms with van der Waals surface area (Å²) < 4.78 is 0. The van der Waals surface area contributed by atoms with Crippen LogP contribution in [0.5, 0.6) is 0 Å². The van der Waals surface area contributed by atoms with Gasteiger partial charge in [-0.15, -0.1) is 0 Å². The first kappa shape index (κ1) is 12.7. The first-order chi connectivity index (χ1) is 7.11. The molecule has 0 aromatic carbocycles. The van der Waals surface area contributed by atoms with Gasteiger partial charge in [0.15, 0.2) is 0 Å². The van der Waals surface area contributed by atoms with Gasteiger partial charge in [0.05, 0.1) is 0 Å². The summed E-state index contributed by atoms with van der Waals surface area (Å²) in [6, 6.07) is 0.837. The Labute approximate surface area is 94.7 Å². The van der Waals surface area contributed by atoms with Crippen LogP contribution in [0.15, 0.2) is 12.2 Å². The van der Waals surface area contributed by atoms with Crippen LogP contribution in [0.2, 0.25) is 0 Å². The average molecular weight is 210 g/mol. The van der Waals surface area contributed by atoms with Crippen molar-refractivity contribution in [2.45, 2.75) is 39.7 Å². The highest BCUT2D eigenvalue weighted by atomic mass is 15.1. The van der Waals surface area contributed by atoms with Gasteiger partial charge >= 0.3 is 0 Å². The molecule has 1 atom stereocenters. The van der Waals surface area contributed by atoms with Gasteiger partial charge in [-0.25, -0.2) is 0 Å². The van der Waals surface area contributed by atoms with E-state index >= 15 is 0 Å². The van der Waals surface area contributed by atoms with Gasteiger partial charge in [0.25, 0.3) is 0 Å². The summed E-state index contributed by atoms with van der Waals surface area (Å²) in [6.45, 7) is 15.2. The van der Waals surface area contributed by atoms with E-state index in [1.807, 2.05) is 0 Å². The molecule has 0 bridgehead atoms. The van der Waals surface area contributed by atoms with Gasteiger partial charge in [-0.1, -0.05) is 26.0 Å². The van der Waals surface area contributed by atoms with E-state index in [-0.39, 0.29) is 0 Å². The molecule has 0 aromatic rings. The molecule has 1 unspecified atom stereocenters. The Morgan fingerprint density at radius 2 is 2.20 bits per heavy atom. The van der Waals surface area contributed by atoms with Gasteiger partial charge in [0.1, 0.15) is 0 Å². The zero-order valence-corrected chi connectivity index (χ0v) is 10.6. The predicted octanol–water partition coefficient (Wildman–Crippen LogP) is 2.27. The fourth-order valence-corrected chi connectivity index (χ4v) is 1.85. The molecule has 0 aliphatic heterocycles. The molecule has 0 aromatic heterocycles. The SMILES string of the molecule is C=C(C)CN(CC)CC(C)CNC1CC1. The lowest BCUT2D eigenvalue weighted by atomic mass is 10.1. The lowest BCUT2D eigenvalue weighted by Gasteiger charge is -2.24. The van der Waals surface area contributed by atoms with E-state index < -0.39 is 0 Å². The zero-order valence-electron chi connectivity index (χ0n) is 10.6. The summed E-state index contributed by atoms with van der Waals surface area (Å²) in [5.74, 6) is 0.741. The Morgan fingerprint density at radius 3 is 2.67 bits per heavy atom. The largest absolute Gasteiger partial charge is 0.314 e. The normalized spacial score (nSPS) is 18.1. The van der Waals surface area contributed by atoms with Crippen LogP contribution in [0.3, 0.4) is 0 Å². The summed E-state index contributed by atoms with van der Waals surface area (Å²) in [5.41, 5.74) is 1.26. The Morgan fingerprint density at radius 1 is 1.53 bits per heavy atom. The molecular weight excluding hydrogens is 184 g/mol. The standard InChI is InChI=1S/C13H26N2/c1-5-15(9-11(2)3)10-12(4)8-14-13-6-7-13/h12-14H,2,5-10H2,1,3-4H3. The van der Waals surface area contributed by atoms with Crippen molar-refractivity contribution in [1.82, 2.24) is 10.2 Å². The molecule has 88 valence electrons. The maximum atomic E-state index is 3.98. The molecule has 0 spiro atoms. The van der Waals surface area contributed by atoms with E-state index in [4.69, 9.17) is 0 Å². The molecule has 0 radical (unpaired) electrons. The van der Waals surface area contributed by atoms with Crippen molar-refractivity contribution in [3.05, 3.63) is 12.2 Å². The monoisotopic (exact) mass is 210 g/mol. The molecule has 1 aliphatic carbocycles. The summed E-state index contributed by atoms with van der Waals surface area (Å²) >= 11 is 0. The Hall–Kier alpha value is -0.340. The van der Waals surface area contributed by atoms with Gasteiger partial charge in [0, 0.05) is 19.1 Å². The molecule has 0 saturated heterocycles. The summed E-state index contributed by atoms with van der Waals surface area (Å²) in [7, 11) is 0. The minimum Gasteiger partial charge on any atom is -0.314 e. The maximum Gasteiger partial charge on any atom is 0.0187 e. The van der Waals surface area contributed by atoms with E-state index in [1.165, 1.54) is 25.0 Å². The first-order valence-corrected chi connectivity index (χ1v) is 6.22. The van der Waals surface area contributed by atoms with Crippen LogP contribution in [-0.4, -0.2) is 37.1 Å². The number of nitrogens with zero attached hydrogens (tertiary/aromatic N) is 1. The summed E-state index contributed by atoms with van der Waals surface area (Å²) in [5, 5.41) is 3.59. The van der Waals surface area contributed by atoms with Crippen LogP contribution in [0.25, 0.3) is 0 Å². The molecule has 1 rings (SSSR count). The van der Waals surface area contributed by atoms with Crippen LogP contribution in [0.1, 0.15) is 33.6 Å². The smallest absolute Gasteiger partial charge is 0.0187 e. The van der Waals surface area contributed by atoms with Gasteiger partial charge < -0.3 is 5.32 Å². The van der Waals surface area contributed by atoms with E-state index in [1.54, 1.807) is 0 Å². The van der Waals surface area contributed by atoms with Crippen molar-refractivity contribution < 1.29 is 0 Å². The molecule has 15 heavy (non-hydrogen) atoms. The fourth-order valence-electron chi connectivity index (χ4n) is 1.85. The summed E-state index contributed by atoms with van der Waals surface area (Å²) in [6.07, 6.45) is 2.77. The molecule has 1 fully saturated rings.